The first-order chi connectivity index (χ1) is 16.2. The number of nitrogens with zero attached hydrogens (tertiary/aromatic N) is 5. The molecule has 5 heterocycles. The second-order valence-corrected chi connectivity index (χ2v) is 9.18. The number of carbonyl (C=O) groups is 1. The van der Waals surface area contributed by atoms with Crippen LogP contribution in [0.25, 0.3) is 21.1 Å². The molecule has 0 spiro atoms. The second kappa shape index (κ2) is 8.16. The lowest BCUT2D eigenvalue weighted by Crippen LogP contribution is -2.49. The van der Waals surface area contributed by atoms with Crippen LogP contribution in [0.1, 0.15) is 10.4 Å². The monoisotopic (exact) mass is 465 g/mol. The second-order valence-electron chi connectivity index (χ2n) is 8.09. The minimum Gasteiger partial charge on any atom is -0.494 e. The molecule has 2 aliphatic rings. The van der Waals surface area contributed by atoms with Gasteiger partial charge in [-0.2, -0.15) is 5.10 Å². The number of nitrogens with one attached hydrogen (secondary N) is 2. The largest absolute Gasteiger partial charge is 0.494 e. The third-order valence-electron chi connectivity index (χ3n) is 6.20. The molecular weight excluding hydrogens is 442 g/mol. The molecule has 0 radical (unpaired) electrons. The Balaban J connectivity index is 1.32. The number of amides is 2. The Hall–Kier alpha value is -3.44. The molecule has 1 aromatic carbocycles. The standard InChI is InChI=1S/C22H23N7O3S/c1-31-17-9-15-13(10-25-27-15)8-16(17)26-20-19-14-2-3-29(22(30)28-4-6-32-7-5-28)11-18(14)33-21(19)24-12-23-20/h8-10,12H,2-7,11H2,1H3,(H,25,27)(H,23,24,26). The van der Waals surface area contributed by atoms with Crippen LogP contribution in [-0.4, -0.2) is 76.0 Å². The van der Waals surface area contributed by atoms with Gasteiger partial charge < -0.3 is 24.6 Å². The number of hydrogen-bond donors (Lipinski definition) is 2. The molecule has 2 N–H and O–H groups in total. The molecule has 0 unspecified atom stereocenters. The number of fused-ring (bicyclic) bond motifs is 4. The zero-order valence-corrected chi connectivity index (χ0v) is 18.9. The van der Waals surface area contributed by atoms with Crippen LogP contribution in [-0.2, 0) is 17.7 Å². The van der Waals surface area contributed by atoms with Crippen LogP contribution in [0.15, 0.2) is 24.7 Å². The molecule has 0 atom stereocenters. The molecule has 1 fully saturated rings. The number of rotatable bonds is 3. The van der Waals surface area contributed by atoms with Crippen molar-refractivity contribution in [2.24, 2.45) is 0 Å². The van der Waals surface area contributed by atoms with E-state index in [1.54, 1.807) is 31.0 Å². The molecule has 1 saturated heterocycles. The highest BCUT2D eigenvalue weighted by Crippen LogP contribution is 2.40. The van der Waals surface area contributed by atoms with Gasteiger partial charge in [-0.25, -0.2) is 14.8 Å². The van der Waals surface area contributed by atoms with Crippen LogP contribution in [0.4, 0.5) is 16.3 Å². The minimum absolute atomic E-state index is 0.0870. The highest BCUT2D eigenvalue weighted by atomic mass is 32.1. The number of carbonyl (C=O) groups excluding carboxylic acids is 1. The van der Waals surface area contributed by atoms with Crippen molar-refractivity contribution < 1.29 is 14.3 Å². The quantitative estimate of drug-likeness (QED) is 0.478. The van der Waals surface area contributed by atoms with Gasteiger partial charge in [0.2, 0.25) is 0 Å². The van der Waals surface area contributed by atoms with E-state index in [2.05, 4.69) is 25.5 Å². The fourth-order valence-corrected chi connectivity index (χ4v) is 5.71. The Morgan fingerprint density at radius 3 is 2.94 bits per heavy atom. The van der Waals surface area contributed by atoms with Crippen LogP contribution in [0.5, 0.6) is 5.75 Å². The third-order valence-corrected chi connectivity index (χ3v) is 7.33. The van der Waals surface area contributed by atoms with Crippen LogP contribution in [0.2, 0.25) is 0 Å². The summed E-state index contributed by atoms with van der Waals surface area (Å²) in [6.45, 7) is 3.77. The Morgan fingerprint density at radius 2 is 2.09 bits per heavy atom. The van der Waals surface area contributed by atoms with Gasteiger partial charge in [0.05, 0.1) is 49.7 Å². The van der Waals surface area contributed by atoms with Crippen molar-refractivity contribution in [1.82, 2.24) is 30.0 Å². The molecule has 11 heteroatoms. The number of morpholine rings is 1. The summed E-state index contributed by atoms with van der Waals surface area (Å²) in [5.41, 5.74) is 2.93. The van der Waals surface area contributed by atoms with E-state index in [1.165, 1.54) is 10.4 Å². The van der Waals surface area contributed by atoms with Gasteiger partial charge in [-0.3, -0.25) is 5.10 Å². The molecule has 2 aliphatic heterocycles. The van der Waals surface area contributed by atoms with E-state index in [0.717, 1.165) is 39.0 Å². The summed E-state index contributed by atoms with van der Waals surface area (Å²) in [6, 6.07) is 4.00. The number of aromatic nitrogens is 4. The molecule has 0 aliphatic carbocycles. The molecule has 0 bridgehead atoms. The molecular formula is C22H23N7O3S. The Bertz CT molecular complexity index is 1340. The number of aromatic amines is 1. The van der Waals surface area contributed by atoms with E-state index in [-0.39, 0.29) is 6.03 Å². The average Bonchev–Trinajstić information content (AvgIpc) is 3.47. The van der Waals surface area contributed by atoms with E-state index in [4.69, 9.17) is 9.47 Å². The lowest BCUT2D eigenvalue weighted by atomic mass is 10.0. The maximum Gasteiger partial charge on any atom is 0.320 e. The van der Waals surface area contributed by atoms with Crippen LogP contribution in [0.3, 0.4) is 0 Å². The lowest BCUT2D eigenvalue weighted by Gasteiger charge is -2.34. The summed E-state index contributed by atoms with van der Waals surface area (Å²) >= 11 is 1.63. The molecule has 33 heavy (non-hydrogen) atoms. The van der Waals surface area contributed by atoms with Crippen molar-refractivity contribution in [3.8, 4) is 5.75 Å². The SMILES string of the molecule is COc1cc2[nH]ncc2cc1Nc1ncnc2sc3c(c12)CCN(C(=O)N1CCOCC1)C3. The Labute approximate surface area is 193 Å². The Kier molecular flexibility index (Phi) is 4.99. The van der Waals surface area contributed by atoms with Crippen molar-refractivity contribution >= 4 is 50.0 Å². The predicted octanol–water partition coefficient (Wildman–Crippen LogP) is 3.13. The summed E-state index contributed by atoms with van der Waals surface area (Å²) in [5, 5.41) is 12.5. The fraction of sp³-hybridized carbons (Fsp3) is 0.364. The number of thiophene rings is 1. The molecule has 0 saturated carbocycles. The number of H-pyrrole nitrogens is 1. The van der Waals surface area contributed by atoms with Crippen molar-refractivity contribution in [2.45, 2.75) is 13.0 Å². The van der Waals surface area contributed by atoms with Gasteiger partial charge in [0.25, 0.3) is 0 Å². The average molecular weight is 466 g/mol. The number of benzene rings is 1. The first kappa shape index (κ1) is 20.2. The van der Waals surface area contributed by atoms with Crippen LogP contribution < -0.4 is 10.1 Å². The molecule has 170 valence electrons. The zero-order valence-electron chi connectivity index (χ0n) is 18.1. The van der Waals surface area contributed by atoms with Gasteiger partial charge in [-0.15, -0.1) is 11.3 Å². The summed E-state index contributed by atoms with van der Waals surface area (Å²) in [5.74, 6) is 1.44. The Morgan fingerprint density at radius 1 is 1.21 bits per heavy atom. The van der Waals surface area contributed by atoms with Crippen molar-refractivity contribution in [1.29, 1.82) is 0 Å². The van der Waals surface area contributed by atoms with Gasteiger partial charge in [0.1, 0.15) is 22.7 Å². The van der Waals surface area contributed by atoms with Crippen LogP contribution >= 0.6 is 11.3 Å². The summed E-state index contributed by atoms with van der Waals surface area (Å²) in [4.78, 5) is 28.0. The first-order valence-corrected chi connectivity index (χ1v) is 11.7. The van der Waals surface area contributed by atoms with Crippen LogP contribution in [0, 0.1) is 0 Å². The molecule has 4 aromatic rings. The van der Waals surface area contributed by atoms with E-state index >= 15 is 0 Å². The van der Waals surface area contributed by atoms with E-state index in [1.807, 2.05) is 21.9 Å². The van der Waals surface area contributed by atoms with Crippen molar-refractivity contribution in [3.63, 3.8) is 0 Å². The normalized spacial score (nSPS) is 16.3. The van der Waals surface area contributed by atoms with Gasteiger partial charge >= 0.3 is 6.03 Å². The lowest BCUT2D eigenvalue weighted by molar-refractivity contribution is 0.0423. The number of hydrogen-bond acceptors (Lipinski definition) is 8. The zero-order chi connectivity index (χ0) is 22.4. The molecule has 6 rings (SSSR count). The summed E-state index contributed by atoms with van der Waals surface area (Å²) < 4.78 is 11.0. The number of methoxy groups -OCH3 is 1. The van der Waals surface area contributed by atoms with Gasteiger partial charge in [0.15, 0.2) is 0 Å². The van der Waals surface area contributed by atoms with Gasteiger partial charge in [-0.05, 0) is 18.1 Å². The molecule has 3 aromatic heterocycles. The number of urea groups is 1. The number of anilines is 2. The summed E-state index contributed by atoms with van der Waals surface area (Å²) in [7, 11) is 1.64. The number of ether oxygens (including phenoxy) is 2. The van der Waals surface area contributed by atoms with Crippen molar-refractivity contribution in [3.05, 3.63) is 35.1 Å². The van der Waals surface area contributed by atoms with Gasteiger partial charge in [0, 0.05) is 36.0 Å². The first-order valence-electron chi connectivity index (χ1n) is 10.9. The van der Waals surface area contributed by atoms with Gasteiger partial charge in [-0.1, -0.05) is 0 Å². The third kappa shape index (κ3) is 3.53. The maximum atomic E-state index is 13.0. The fourth-order valence-electron chi connectivity index (χ4n) is 4.51. The minimum atomic E-state index is 0.0870. The molecule has 10 nitrogen and oxygen atoms in total. The molecule has 2 amide bonds. The van der Waals surface area contributed by atoms with E-state index < -0.39 is 0 Å². The maximum absolute atomic E-state index is 13.0. The smallest absolute Gasteiger partial charge is 0.320 e. The highest BCUT2D eigenvalue weighted by molar-refractivity contribution is 7.19. The highest BCUT2D eigenvalue weighted by Gasteiger charge is 2.29. The van der Waals surface area contributed by atoms with E-state index in [0.29, 0.717) is 45.1 Å². The van der Waals surface area contributed by atoms with E-state index in [9.17, 15) is 4.79 Å². The predicted molar refractivity (Wildman–Crippen MR) is 125 cm³/mol. The topological polar surface area (TPSA) is 108 Å². The van der Waals surface area contributed by atoms with Crippen molar-refractivity contribution in [2.75, 3.05) is 45.3 Å². The summed E-state index contributed by atoms with van der Waals surface area (Å²) in [6.07, 6.45) is 4.12.